The van der Waals surface area contributed by atoms with E-state index in [4.69, 9.17) is 19.9 Å². The van der Waals surface area contributed by atoms with Crippen LogP contribution in [0.3, 0.4) is 0 Å². The molecule has 0 saturated heterocycles. The molecule has 4 aromatic rings. The molecule has 0 amide bonds. The summed E-state index contributed by atoms with van der Waals surface area (Å²) in [5, 5.41) is 2.85. The van der Waals surface area contributed by atoms with Crippen LogP contribution in [-0.2, 0) is 25.8 Å². The van der Waals surface area contributed by atoms with Gasteiger partial charge in [-0.25, -0.2) is 18.2 Å². The van der Waals surface area contributed by atoms with E-state index < -0.39 is 21.8 Å². The molecule has 0 bridgehead atoms. The zero-order chi connectivity index (χ0) is 29.4. The van der Waals surface area contributed by atoms with Crippen molar-refractivity contribution in [2.75, 3.05) is 26.6 Å². The van der Waals surface area contributed by atoms with Gasteiger partial charge in [-0.05, 0) is 47.5 Å². The van der Waals surface area contributed by atoms with Crippen molar-refractivity contribution in [3.05, 3.63) is 103 Å². The molecule has 0 aromatic heterocycles. The van der Waals surface area contributed by atoms with Crippen LogP contribution in [0, 0.1) is 0 Å². The Morgan fingerprint density at radius 3 is 2.05 bits per heavy atom. The first-order valence-electron chi connectivity index (χ1n) is 12.7. The topological polar surface area (TPSA) is 129 Å². The molecule has 0 unspecified atom stereocenters. The van der Waals surface area contributed by atoms with E-state index in [9.17, 15) is 13.2 Å². The number of nitrogens with two attached hydrogens (primary N) is 1. The smallest absolute Gasteiger partial charge is 0.331 e. The highest BCUT2D eigenvalue weighted by molar-refractivity contribution is 7.91. The summed E-state index contributed by atoms with van der Waals surface area (Å²) in [5.74, 6) is 0.618. The Kier molecular flexibility index (Phi) is 9.26. The summed E-state index contributed by atoms with van der Waals surface area (Å²) in [6, 6.07) is 26.6. The minimum Gasteiger partial charge on any atom is -0.496 e. The van der Waals surface area contributed by atoms with Crippen molar-refractivity contribution in [2.45, 2.75) is 22.3 Å². The highest BCUT2D eigenvalue weighted by atomic mass is 32.2. The number of anilines is 1. The maximum absolute atomic E-state index is 13.3. The minimum atomic E-state index is -3.83. The standard InChI is InChI=1S/C31H31N3O6S/c1-38-26-13-9-14-27(39-2)29(26)22-18-16-21(17-19-22)20-25(30(35)40-3)34-31(32)33-24-12-7-8-15-28(24)41(36,37)23-10-5-4-6-11-23/h4-19,25H,20H2,1-3H3,(H3,32,33,34)/t25-/m0/s1. The van der Waals surface area contributed by atoms with E-state index in [0.29, 0.717) is 11.5 Å². The number of nitrogens with one attached hydrogen (secondary N) is 1. The first kappa shape index (κ1) is 29.2. The predicted molar refractivity (Wildman–Crippen MR) is 158 cm³/mol. The summed E-state index contributed by atoms with van der Waals surface area (Å²) in [6.45, 7) is 0. The zero-order valence-electron chi connectivity index (χ0n) is 22.9. The third kappa shape index (κ3) is 6.67. The molecule has 0 aliphatic rings. The summed E-state index contributed by atoms with van der Waals surface area (Å²) >= 11 is 0. The number of rotatable bonds is 10. The molecule has 0 aliphatic carbocycles. The van der Waals surface area contributed by atoms with Crippen LogP contribution in [0.1, 0.15) is 5.56 Å². The van der Waals surface area contributed by atoms with Gasteiger partial charge >= 0.3 is 5.97 Å². The molecule has 9 nitrogen and oxygen atoms in total. The molecule has 0 saturated carbocycles. The largest absolute Gasteiger partial charge is 0.496 e. The van der Waals surface area contributed by atoms with Gasteiger partial charge < -0.3 is 25.3 Å². The fourth-order valence-corrected chi connectivity index (χ4v) is 5.79. The molecule has 4 rings (SSSR count). The number of methoxy groups -OCH3 is 3. The number of nitrogens with zero attached hydrogens (tertiary/aromatic N) is 1. The van der Waals surface area contributed by atoms with Gasteiger partial charge in [0.15, 0.2) is 12.0 Å². The third-order valence-corrected chi connectivity index (χ3v) is 8.19. The summed E-state index contributed by atoms with van der Waals surface area (Å²) in [7, 11) is 0.632. The maximum atomic E-state index is 13.3. The summed E-state index contributed by atoms with van der Waals surface area (Å²) in [6.07, 6.45) is 0.197. The molecule has 1 atom stereocenters. The number of aliphatic imine (C=N–C) groups is 1. The molecule has 212 valence electrons. The fraction of sp³-hybridized carbons (Fsp3) is 0.161. The second kappa shape index (κ2) is 13.0. The number of hydrogen-bond donors (Lipinski definition) is 2. The number of hydrogen-bond acceptors (Lipinski definition) is 7. The Bertz CT molecular complexity index is 1620. The van der Waals surface area contributed by atoms with Gasteiger partial charge in [0.1, 0.15) is 11.5 Å². The average Bonchev–Trinajstić information content (AvgIpc) is 3.00. The van der Waals surface area contributed by atoms with Crippen molar-refractivity contribution in [3.63, 3.8) is 0 Å². The Morgan fingerprint density at radius 2 is 1.44 bits per heavy atom. The van der Waals surface area contributed by atoms with Crippen molar-refractivity contribution in [2.24, 2.45) is 10.7 Å². The molecular weight excluding hydrogens is 542 g/mol. The van der Waals surface area contributed by atoms with E-state index in [-0.39, 0.29) is 27.9 Å². The lowest BCUT2D eigenvalue weighted by molar-refractivity contribution is -0.142. The van der Waals surface area contributed by atoms with Crippen LogP contribution in [0.4, 0.5) is 5.69 Å². The Morgan fingerprint density at radius 1 is 0.829 bits per heavy atom. The van der Waals surface area contributed by atoms with E-state index in [1.54, 1.807) is 50.6 Å². The maximum Gasteiger partial charge on any atom is 0.331 e. The lowest BCUT2D eigenvalue weighted by Crippen LogP contribution is -2.31. The van der Waals surface area contributed by atoms with E-state index >= 15 is 0 Å². The van der Waals surface area contributed by atoms with Crippen molar-refractivity contribution < 1.29 is 27.4 Å². The summed E-state index contributed by atoms with van der Waals surface area (Å²) in [5.41, 5.74) is 8.90. The SMILES string of the molecule is COC(=O)[C@H](Cc1ccc(-c2c(OC)cccc2OC)cc1)N=C(N)Nc1ccccc1S(=O)(=O)c1ccccc1. The van der Waals surface area contributed by atoms with Gasteiger partial charge in [-0.3, -0.25) is 0 Å². The van der Waals surface area contributed by atoms with Gasteiger partial charge in [0.2, 0.25) is 9.84 Å². The molecule has 0 heterocycles. The third-order valence-electron chi connectivity index (χ3n) is 6.36. The van der Waals surface area contributed by atoms with Crippen molar-refractivity contribution in [1.82, 2.24) is 0 Å². The van der Waals surface area contributed by atoms with Crippen LogP contribution in [0.2, 0.25) is 0 Å². The van der Waals surface area contributed by atoms with E-state index in [1.807, 2.05) is 42.5 Å². The van der Waals surface area contributed by atoms with Crippen LogP contribution in [0.5, 0.6) is 11.5 Å². The first-order chi connectivity index (χ1) is 19.8. The number of esters is 1. The number of guanidine groups is 1. The van der Waals surface area contributed by atoms with Crippen LogP contribution in [-0.4, -0.2) is 47.7 Å². The Labute approximate surface area is 239 Å². The monoisotopic (exact) mass is 573 g/mol. The molecule has 0 aliphatic heterocycles. The highest BCUT2D eigenvalue weighted by Crippen LogP contribution is 2.38. The van der Waals surface area contributed by atoms with Gasteiger partial charge in [0, 0.05) is 6.42 Å². The van der Waals surface area contributed by atoms with Crippen LogP contribution in [0.25, 0.3) is 11.1 Å². The predicted octanol–water partition coefficient (Wildman–Crippen LogP) is 4.71. The molecule has 0 spiro atoms. The second-order valence-electron chi connectivity index (χ2n) is 8.93. The molecule has 3 N–H and O–H groups in total. The number of benzene rings is 4. The minimum absolute atomic E-state index is 0.0290. The summed E-state index contributed by atoms with van der Waals surface area (Å²) < 4.78 is 42.5. The number of ether oxygens (including phenoxy) is 3. The number of carbonyl (C=O) groups is 1. The molecule has 41 heavy (non-hydrogen) atoms. The molecular formula is C31H31N3O6S. The van der Waals surface area contributed by atoms with E-state index in [1.165, 1.54) is 25.3 Å². The summed E-state index contributed by atoms with van der Waals surface area (Å²) in [4.78, 5) is 17.1. The Hall–Kier alpha value is -4.83. The van der Waals surface area contributed by atoms with Crippen LogP contribution >= 0.6 is 0 Å². The van der Waals surface area contributed by atoms with Crippen molar-refractivity contribution in [1.29, 1.82) is 0 Å². The van der Waals surface area contributed by atoms with Gasteiger partial charge in [-0.15, -0.1) is 0 Å². The normalized spacial score (nSPS) is 12.3. The number of para-hydroxylation sites is 1. The quantitative estimate of drug-likeness (QED) is 0.159. The van der Waals surface area contributed by atoms with E-state index in [2.05, 4.69) is 10.3 Å². The van der Waals surface area contributed by atoms with Crippen molar-refractivity contribution >= 4 is 27.5 Å². The highest BCUT2D eigenvalue weighted by Gasteiger charge is 2.23. The van der Waals surface area contributed by atoms with Crippen LogP contribution in [0.15, 0.2) is 112 Å². The first-order valence-corrected chi connectivity index (χ1v) is 14.1. The molecule has 10 heteroatoms. The van der Waals surface area contributed by atoms with Gasteiger partial charge in [-0.1, -0.05) is 60.7 Å². The van der Waals surface area contributed by atoms with Crippen LogP contribution < -0.4 is 20.5 Å². The Balaban J connectivity index is 1.58. The lowest BCUT2D eigenvalue weighted by atomic mass is 9.99. The zero-order valence-corrected chi connectivity index (χ0v) is 23.7. The fourth-order valence-electron chi connectivity index (χ4n) is 4.35. The molecule has 0 radical (unpaired) electrons. The second-order valence-corrected chi connectivity index (χ2v) is 10.8. The number of sulfone groups is 1. The molecule has 4 aromatic carbocycles. The van der Waals surface area contributed by atoms with Gasteiger partial charge in [0.05, 0.1) is 42.4 Å². The average molecular weight is 574 g/mol. The number of carbonyl (C=O) groups excluding carboxylic acids is 1. The molecule has 0 fully saturated rings. The van der Waals surface area contributed by atoms with Gasteiger partial charge in [0.25, 0.3) is 0 Å². The van der Waals surface area contributed by atoms with E-state index in [0.717, 1.165) is 16.7 Å². The lowest BCUT2D eigenvalue weighted by Gasteiger charge is -2.16. The van der Waals surface area contributed by atoms with Gasteiger partial charge in [-0.2, -0.15) is 0 Å². The van der Waals surface area contributed by atoms with Crippen molar-refractivity contribution in [3.8, 4) is 22.6 Å².